The number of nitrogens with zero attached hydrogens (tertiary/aromatic N) is 3. The molecule has 31 heavy (non-hydrogen) atoms. The third kappa shape index (κ3) is 5.01. The van der Waals surface area contributed by atoms with Gasteiger partial charge in [0.1, 0.15) is 17.6 Å². The van der Waals surface area contributed by atoms with Crippen molar-refractivity contribution in [2.75, 3.05) is 26.5 Å². The minimum absolute atomic E-state index is 0.113. The molecule has 1 N–H and O–H groups in total. The maximum absolute atomic E-state index is 13.6. The fourth-order valence-electron chi connectivity index (χ4n) is 2.99. The van der Waals surface area contributed by atoms with Crippen LogP contribution in [0.25, 0.3) is 10.9 Å². The highest BCUT2D eigenvalue weighted by molar-refractivity contribution is 9.10. The molecule has 6 nitrogen and oxygen atoms in total. The van der Waals surface area contributed by atoms with Crippen molar-refractivity contribution in [2.45, 2.75) is 6.42 Å². The predicted molar refractivity (Wildman–Crippen MR) is 122 cm³/mol. The van der Waals surface area contributed by atoms with Gasteiger partial charge in [0.2, 0.25) is 5.91 Å². The number of nitrogens with one attached hydrogen (secondary N) is 1. The van der Waals surface area contributed by atoms with Crippen LogP contribution in [0.1, 0.15) is 11.1 Å². The minimum atomic E-state index is -0.378. The van der Waals surface area contributed by atoms with Gasteiger partial charge in [-0.3, -0.25) is 9.78 Å². The number of likely N-dealkylation sites (N-methyl/N-ethyl adjacent to an activating group) is 1. The second-order valence-electron chi connectivity index (χ2n) is 6.93. The summed E-state index contributed by atoms with van der Waals surface area (Å²) in [4.78, 5) is 17.7. The van der Waals surface area contributed by atoms with Crippen LogP contribution in [0.4, 0.5) is 15.8 Å². The number of amides is 1. The summed E-state index contributed by atoms with van der Waals surface area (Å²) in [5.41, 5.74) is 2.99. The van der Waals surface area contributed by atoms with Gasteiger partial charge in [-0.05, 0) is 58.3 Å². The Balaban J connectivity index is 2.08. The molecule has 1 amide bonds. The van der Waals surface area contributed by atoms with Crippen LogP contribution < -0.4 is 10.1 Å². The molecule has 0 aliphatic rings. The van der Waals surface area contributed by atoms with E-state index in [0.717, 1.165) is 5.56 Å². The Bertz CT molecular complexity index is 1220. The summed E-state index contributed by atoms with van der Waals surface area (Å²) in [5, 5.41) is 13.5. The van der Waals surface area contributed by atoms with Crippen LogP contribution in [0.2, 0.25) is 0 Å². The molecule has 0 radical (unpaired) electrons. The number of ether oxygens (including phenoxy) is 1. The van der Waals surface area contributed by atoms with Crippen molar-refractivity contribution in [3.05, 3.63) is 70.1 Å². The number of carbonyl (C=O) groups excluding carboxylic acids is 1. The molecule has 1 heterocycles. The highest BCUT2D eigenvalue weighted by Crippen LogP contribution is 2.34. The molecular formula is C23H20BrFN4O2. The van der Waals surface area contributed by atoms with Crippen molar-refractivity contribution in [3.8, 4) is 11.8 Å². The van der Waals surface area contributed by atoms with E-state index in [4.69, 9.17) is 4.74 Å². The molecule has 0 spiro atoms. The van der Waals surface area contributed by atoms with Crippen molar-refractivity contribution in [2.24, 2.45) is 0 Å². The third-order valence-electron chi connectivity index (χ3n) is 4.62. The van der Waals surface area contributed by atoms with E-state index in [0.29, 0.717) is 44.5 Å². The Labute approximate surface area is 188 Å². The number of rotatable bonds is 6. The van der Waals surface area contributed by atoms with Crippen molar-refractivity contribution < 1.29 is 13.9 Å². The molecule has 3 aromatic rings. The third-order valence-corrected chi connectivity index (χ3v) is 5.23. The molecule has 3 rings (SSSR count). The van der Waals surface area contributed by atoms with Crippen LogP contribution in [0.3, 0.4) is 0 Å². The molecule has 0 aliphatic heterocycles. The Morgan fingerprint density at radius 2 is 2.13 bits per heavy atom. The lowest BCUT2D eigenvalue weighted by atomic mass is 10.0. The number of pyridine rings is 1. The maximum atomic E-state index is 13.6. The van der Waals surface area contributed by atoms with Gasteiger partial charge in [0.25, 0.3) is 0 Å². The Kier molecular flexibility index (Phi) is 6.88. The van der Waals surface area contributed by atoms with E-state index >= 15 is 0 Å². The zero-order valence-corrected chi connectivity index (χ0v) is 18.8. The number of benzene rings is 2. The van der Waals surface area contributed by atoms with E-state index in [-0.39, 0.29) is 11.7 Å². The van der Waals surface area contributed by atoms with Crippen molar-refractivity contribution in [1.82, 2.24) is 9.88 Å². The second kappa shape index (κ2) is 9.58. The number of halogens is 2. The molecular weight excluding hydrogens is 463 g/mol. The fourth-order valence-corrected chi connectivity index (χ4v) is 3.37. The SMILES string of the molecule is COc1cc2ncc(C#N)c(Nc3ccc(F)c(Br)c3)c2cc1C/C=C/C(=O)N(C)C. The number of fused-ring (bicyclic) bond motifs is 1. The van der Waals surface area contributed by atoms with Gasteiger partial charge in [-0.2, -0.15) is 5.26 Å². The summed E-state index contributed by atoms with van der Waals surface area (Å²) in [5.74, 6) is 0.135. The van der Waals surface area contributed by atoms with Gasteiger partial charge in [0.05, 0.1) is 28.4 Å². The number of aromatic nitrogens is 1. The quantitative estimate of drug-likeness (QED) is 0.503. The lowest BCUT2D eigenvalue weighted by Gasteiger charge is -2.15. The first-order chi connectivity index (χ1) is 14.8. The molecule has 0 bridgehead atoms. The standard InChI is InChI=1S/C23H20BrFN4O2/c1-29(2)22(30)6-4-5-14-9-17-20(11-21(14)31-3)27-13-15(12-26)23(17)28-16-7-8-19(25)18(24)10-16/h4,6-11,13H,5H2,1-3H3,(H,27,28)/b6-4+. The van der Waals surface area contributed by atoms with Crippen LogP contribution in [-0.2, 0) is 11.2 Å². The van der Waals surface area contributed by atoms with Crippen LogP contribution in [0, 0.1) is 17.1 Å². The van der Waals surface area contributed by atoms with Gasteiger partial charge >= 0.3 is 0 Å². The first-order valence-electron chi connectivity index (χ1n) is 9.33. The molecule has 8 heteroatoms. The second-order valence-corrected chi connectivity index (χ2v) is 7.79. The molecule has 158 valence electrons. The van der Waals surface area contributed by atoms with Crippen LogP contribution in [0.15, 0.2) is 53.2 Å². The summed E-state index contributed by atoms with van der Waals surface area (Å²) in [7, 11) is 4.94. The van der Waals surface area contributed by atoms with Gasteiger partial charge in [0, 0.05) is 37.4 Å². The molecule has 2 aromatic carbocycles. The lowest BCUT2D eigenvalue weighted by molar-refractivity contribution is -0.123. The first kappa shape index (κ1) is 22.2. The van der Waals surface area contributed by atoms with Gasteiger partial charge in [-0.15, -0.1) is 0 Å². The number of anilines is 2. The average molecular weight is 483 g/mol. The molecule has 1 aromatic heterocycles. The summed E-state index contributed by atoms with van der Waals surface area (Å²) in [6.45, 7) is 0. The van der Waals surface area contributed by atoms with Crippen molar-refractivity contribution >= 4 is 44.1 Å². The van der Waals surface area contributed by atoms with E-state index in [1.54, 1.807) is 45.5 Å². The van der Waals surface area contributed by atoms with E-state index in [2.05, 4.69) is 32.3 Å². The molecule has 0 saturated carbocycles. The summed E-state index contributed by atoms with van der Waals surface area (Å²) >= 11 is 3.18. The monoisotopic (exact) mass is 482 g/mol. The summed E-state index contributed by atoms with van der Waals surface area (Å²) in [6, 6.07) is 10.3. The van der Waals surface area contributed by atoms with Crippen molar-refractivity contribution in [1.29, 1.82) is 5.26 Å². The van der Waals surface area contributed by atoms with Crippen molar-refractivity contribution in [3.63, 3.8) is 0 Å². The fraction of sp³-hybridized carbons (Fsp3) is 0.174. The number of methoxy groups -OCH3 is 1. The number of carbonyl (C=O) groups is 1. The topological polar surface area (TPSA) is 78.2 Å². The smallest absolute Gasteiger partial charge is 0.245 e. The lowest BCUT2D eigenvalue weighted by Crippen LogP contribution is -2.18. The normalized spacial score (nSPS) is 10.8. The number of allylic oxidation sites excluding steroid dienone is 1. The van der Waals surface area contributed by atoms with Gasteiger partial charge < -0.3 is 15.0 Å². The van der Waals surface area contributed by atoms with Gasteiger partial charge in [-0.1, -0.05) is 6.08 Å². The Hall–Kier alpha value is -3.44. The summed E-state index contributed by atoms with van der Waals surface area (Å²) < 4.78 is 19.4. The van der Waals surface area contributed by atoms with Gasteiger partial charge in [0.15, 0.2) is 0 Å². The average Bonchev–Trinajstić information content (AvgIpc) is 2.75. The van der Waals surface area contributed by atoms with Crippen LogP contribution in [-0.4, -0.2) is 37.0 Å². The minimum Gasteiger partial charge on any atom is -0.496 e. The van der Waals surface area contributed by atoms with Crippen LogP contribution in [0.5, 0.6) is 5.75 Å². The number of hydrogen-bond donors (Lipinski definition) is 1. The van der Waals surface area contributed by atoms with E-state index < -0.39 is 0 Å². The molecule has 0 fully saturated rings. The first-order valence-corrected chi connectivity index (χ1v) is 10.1. The Morgan fingerprint density at radius 1 is 1.35 bits per heavy atom. The largest absolute Gasteiger partial charge is 0.496 e. The Morgan fingerprint density at radius 3 is 2.77 bits per heavy atom. The predicted octanol–water partition coefficient (Wildman–Crippen LogP) is 4.95. The van der Waals surface area contributed by atoms with E-state index in [9.17, 15) is 14.4 Å². The summed E-state index contributed by atoms with van der Waals surface area (Å²) in [6.07, 6.45) is 5.20. The molecule has 0 aliphatic carbocycles. The van der Waals surface area contributed by atoms with E-state index in [1.807, 2.05) is 6.07 Å². The maximum Gasteiger partial charge on any atom is 0.245 e. The van der Waals surface area contributed by atoms with Crippen LogP contribution >= 0.6 is 15.9 Å². The number of hydrogen-bond acceptors (Lipinski definition) is 5. The number of nitriles is 1. The zero-order chi connectivity index (χ0) is 22.5. The molecule has 0 atom stereocenters. The molecule has 0 saturated heterocycles. The molecule has 0 unspecified atom stereocenters. The zero-order valence-electron chi connectivity index (χ0n) is 17.2. The highest BCUT2D eigenvalue weighted by atomic mass is 79.9. The van der Waals surface area contributed by atoms with Gasteiger partial charge in [-0.25, -0.2) is 4.39 Å². The van der Waals surface area contributed by atoms with E-state index in [1.165, 1.54) is 23.2 Å². The highest BCUT2D eigenvalue weighted by Gasteiger charge is 2.14.